The topological polar surface area (TPSA) is 112 Å². The minimum Gasteiger partial charge on any atom is -0.492 e. The van der Waals surface area contributed by atoms with Crippen molar-refractivity contribution in [1.29, 1.82) is 0 Å². The van der Waals surface area contributed by atoms with Gasteiger partial charge in [-0.3, -0.25) is 4.90 Å². The molecular formula is C35H43NO7. The van der Waals surface area contributed by atoms with Crippen molar-refractivity contribution < 1.29 is 34.6 Å². The van der Waals surface area contributed by atoms with E-state index < -0.39 is 42.7 Å². The van der Waals surface area contributed by atoms with Gasteiger partial charge in [0.2, 0.25) is 0 Å². The Morgan fingerprint density at radius 1 is 0.837 bits per heavy atom. The van der Waals surface area contributed by atoms with Gasteiger partial charge in [-0.25, -0.2) is 0 Å². The summed E-state index contributed by atoms with van der Waals surface area (Å²) in [5.74, 6) is 1.48. The van der Waals surface area contributed by atoms with Crippen LogP contribution in [0.25, 0.3) is 0 Å². The molecule has 0 radical (unpaired) electrons. The van der Waals surface area contributed by atoms with Gasteiger partial charge in [0.15, 0.2) is 0 Å². The van der Waals surface area contributed by atoms with E-state index in [4.69, 9.17) is 14.2 Å². The molecule has 43 heavy (non-hydrogen) atoms. The van der Waals surface area contributed by atoms with E-state index in [1.165, 1.54) is 18.4 Å². The third-order valence-corrected chi connectivity index (χ3v) is 9.32. The zero-order chi connectivity index (χ0) is 30.1. The van der Waals surface area contributed by atoms with E-state index in [1.807, 2.05) is 36.4 Å². The molecule has 2 saturated heterocycles. The van der Waals surface area contributed by atoms with Crippen LogP contribution in [0.1, 0.15) is 66.9 Å². The van der Waals surface area contributed by atoms with Crippen molar-refractivity contribution in [2.24, 2.45) is 0 Å². The SMILES string of the molecule is CC1(C)Oc2cc([C@@H]3O[C@H](CO)[C@@H](O)[C@H](O)[C@H]3O)ccc2C(c2ccc(OCCN3CCCC3)cc2)C1c1ccccc1. The Kier molecular flexibility index (Phi) is 8.78. The maximum absolute atomic E-state index is 10.8. The van der Waals surface area contributed by atoms with Gasteiger partial charge in [-0.15, -0.1) is 0 Å². The molecule has 0 saturated carbocycles. The quantitative estimate of drug-likeness (QED) is 0.314. The van der Waals surface area contributed by atoms with E-state index in [9.17, 15) is 20.4 Å². The molecule has 3 heterocycles. The van der Waals surface area contributed by atoms with Gasteiger partial charge in [0, 0.05) is 23.9 Å². The van der Waals surface area contributed by atoms with Crippen LogP contribution >= 0.6 is 0 Å². The molecule has 3 aliphatic heterocycles. The van der Waals surface area contributed by atoms with Crippen LogP contribution in [0.2, 0.25) is 0 Å². The summed E-state index contributed by atoms with van der Waals surface area (Å²) < 4.78 is 18.7. The van der Waals surface area contributed by atoms with Crippen molar-refractivity contribution in [1.82, 2.24) is 4.90 Å². The molecule has 7 atom stereocenters. The summed E-state index contributed by atoms with van der Waals surface area (Å²) in [6.45, 7) is 7.62. The molecule has 0 aliphatic carbocycles. The number of hydrogen-bond acceptors (Lipinski definition) is 8. The van der Waals surface area contributed by atoms with Crippen LogP contribution in [0.15, 0.2) is 72.8 Å². The maximum atomic E-state index is 10.8. The van der Waals surface area contributed by atoms with Crippen LogP contribution in [0.3, 0.4) is 0 Å². The van der Waals surface area contributed by atoms with Gasteiger partial charge in [0.1, 0.15) is 54.2 Å². The zero-order valence-corrected chi connectivity index (χ0v) is 24.9. The van der Waals surface area contributed by atoms with E-state index in [1.54, 1.807) is 0 Å². The Hall–Kier alpha value is -2.98. The highest BCUT2D eigenvalue weighted by atomic mass is 16.5. The summed E-state index contributed by atoms with van der Waals surface area (Å²) in [5, 5.41) is 41.1. The third-order valence-electron chi connectivity index (χ3n) is 9.32. The predicted molar refractivity (Wildman–Crippen MR) is 163 cm³/mol. The standard InChI is InChI=1S/C35H43NO7/c1-35(2)30(23-8-4-3-5-9-23)29(22-10-13-25(14-11-22)41-19-18-36-16-6-7-17-36)26-15-12-24(20-27(26)43-35)34-33(40)32(39)31(38)28(21-37)42-34/h3-5,8-15,20,28-34,37-40H,6-7,16-19,21H2,1-2H3/t28-,29?,30?,31-,32+,33-,34+/m1/s1. The first kappa shape index (κ1) is 30.1. The number of hydrogen-bond donors (Lipinski definition) is 4. The summed E-state index contributed by atoms with van der Waals surface area (Å²) in [4.78, 5) is 2.44. The first-order valence-electron chi connectivity index (χ1n) is 15.4. The first-order valence-corrected chi connectivity index (χ1v) is 15.4. The van der Waals surface area contributed by atoms with Gasteiger partial charge in [-0.1, -0.05) is 54.6 Å². The molecule has 2 unspecified atom stereocenters. The number of ether oxygens (including phenoxy) is 3. The molecule has 2 fully saturated rings. The average Bonchev–Trinajstić information content (AvgIpc) is 3.53. The van der Waals surface area contributed by atoms with Crippen LogP contribution in [0, 0.1) is 0 Å². The molecule has 8 heteroatoms. The molecule has 8 nitrogen and oxygen atoms in total. The Morgan fingerprint density at radius 2 is 1.53 bits per heavy atom. The highest BCUT2D eigenvalue weighted by Crippen LogP contribution is 2.53. The number of aliphatic hydroxyl groups is 4. The second kappa shape index (κ2) is 12.6. The largest absolute Gasteiger partial charge is 0.492 e. The predicted octanol–water partition coefficient (Wildman–Crippen LogP) is 3.76. The first-order chi connectivity index (χ1) is 20.8. The molecule has 3 aliphatic rings. The minimum atomic E-state index is -1.45. The van der Waals surface area contributed by atoms with Crippen LogP contribution in [-0.4, -0.2) is 88.2 Å². The molecule has 3 aromatic carbocycles. The lowest BCUT2D eigenvalue weighted by atomic mass is 9.68. The molecule has 0 bridgehead atoms. The number of rotatable bonds is 8. The molecule has 6 rings (SSSR count). The smallest absolute Gasteiger partial charge is 0.124 e. The molecule has 0 aromatic heterocycles. The van der Waals surface area contributed by atoms with E-state index in [2.05, 4.69) is 55.1 Å². The van der Waals surface area contributed by atoms with E-state index in [-0.39, 0.29) is 11.8 Å². The van der Waals surface area contributed by atoms with Crippen LogP contribution in [0.5, 0.6) is 11.5 Å². The maximum Gasteiger partial charge on any atom is 0.124 e. The van der Waals surface area contributed by atoms with Crippen molar-refractivity contribution in [2.75, 3.05) is 32.8 Å². The summed E-state index contributed by atoms with van der Waals surface area (Å²) in [7, 11) is 0. The van der Waals surface area contributed by atoms with Gasteiger partial charge >= 0.3 is 0 Å². The summed E-state index contributed by atoms with van der Waals surface area (Å²) >= 11 is 0. The van der Waals surface area contributed by atoms with Gasteiger partial charge in [0.05, 0.1) is 6.61 Å². The van der Waals surface area contributed by atoms with Crippen molar-refractivity contribution in [2.45, 2.75) is 74.6 Å². The minimum absolute atomic E-state index is 0.00115. The van der Waals surface area contributed by atoms with Gasteiger partial charge in [0.25, 0.3) is 0 Å². The lowest BCUT2D eigenvalue weighted by Crippen LogP contribution is -2.55. The van der Waals surface area contributed by atoms with E-state index in [0.29, 0.717) is 17.9 Å². The fourth-order valence-corrected chi connectivity index (χ4v) is 7.07. The van der Waals surface area contributed by atoms with Crippen LogP contribution < -0.4 is 9.47 Å². The van der Waals surface area contributed by atoms with Crippen LogP contribution in [-0.2, 0) is 4.74 Å². The Bertz CT molecular complexity index is 1360. The molecular weight excluding hydrogens is 546 g/mol. The van der Waals surface area contributed by atoms with Gasteiger partial charge < -0.3 is 34.6 Å². The fraction of sp³-hybridized carbons (Fsp3) is 0.486. The van der Waals surface area contributed by atoms with Crippen molar-refractivity contribution in [3.63, 3.8) is 0 Å². The highest BCUT2D eigenvalue weighted by molar-refractivity contribution is 5.52. The Morgan fingerprint density at radius 3 is 2.23 bits per heavy atom. The van der Waals surface area contributed by atoms with E-state index >= 15 is 0 Å². The Labute approximate surface area is 253 Å². The van der Waals surface area contributed by atoms with Gasteiger partial charge in [-0.05, 0) is 74.7 Å². The molecule has 3 aromatic rings. The van der Waals surface area contributed by atoms with Gasteiger partial charge in [-0.2, -0.15) is 0 Å². The highest BCUT2D eigenvalue weighted by Gasteiger charge is 2.47. The van der Waals surface area contributed by atoms with Crippen molar-refractivity contribution >= 4 is 0 Å². The third kappa shape index (κ3) is 6.05. The Balaban J connectivity index is 1.33. The lowest BCUT2D eigenvalue weighted by molar-refractivity contribution is -0.231. The number of fused-ring (bicyclic) bond motifs is 1. The molecule has 4 N–H and O–H groups in total. The molecule has 230 valence electrons. The van der Waals surface area contributed by atoms with Crippen LogP contribution in [0.4, 0.5) is 0 Å². The number of likely N-dealkylation sites (tertiary alicyclic amines) is 1. The average molecular weight is 590 g/mol. The van der Waals surface area contributed by atoms with E-state index in [0.717, 1.165) is 36.5 Å². The van der Waals surface area contributed by atoms with Crippen molar-refractivity contribution in [3.8, 4) is 11.5 Å². The summed E-state index contributed by atoms with van der Waals surface area (Å²) in [5.41, 5.74) is 3.32. The second-order valence-corrected chi connectivity index (χ2v) is 12.6. The number of nitrogens with zero attached hydrogens (tertiary/aromatic N) is 1. The monoisotopic (exact) mass is 589 g/mol. The molecule has 0 amide bonds. The van der Waals surface area contributed by atoms with Crippen molar-refractivity contribution in [3.05, 3.63) is 95.1 Å². The molecule has 0 spiro atoms. The number of aliphatic hydroxyl groups excluding tert-OH is 4. The summed E-state index contributed by atoms with van der Waals surface area (Å²) in [6, 6.07) is 24.5. The normalized spacial score (nSPS) is 30.4. The lowest BCUT2D eigenvalue weighted by Gasteiger charge is -2.46. The second-order valence-electron chi connectivity index (χ2n) is 12.6. The fourth-order valence-electron chi connectivity index (χ4n) is 7.07. The number of benzene rings is 3. The zero-order valence-electron chi connectivity index (χ0n) is 24.9. The summed E-state index contributed by atoms with van der Waals surface area (Å²) in [6.07, 6.45) is -3.60.